The van der Waals surface area contributed by atoms with E-state index in [4.69, 9.17) is 9.47 Å². The summed E-state index contributed by atoms with van der Waals surface area (Å²) in [5.41, 5.74) is 2.50. The van der Waals surface area contributed by atoms with Crippen LogP contribution in [0, 0.1) is 5.92 Å². The number of sulfonamides is 1. The largest absolute Gasteiger partial charge is 0.454 e. The lowest BCUT2D eigenvalue weighted by Crippen LogP contribution is -2.57. The van der Waals surface area contributed by atoms with Gasteiger partial charge in [-0.15, -0.1) is 0 Å². The first-order chi connectivity index (χ1) is 16.2. The molecule has 0 radical (unpaired) electrons. The van der Waals surface area contributed by atoms with Crippen molar-refractivity contribution in [2.45, 2.75) is 44.2 Å². The molecule has 1 aromatic carbocycles. The molecule has 10 nitrogen and oxygen atoms in total. The van der Waals surface area contributed by atoms with Crippen LogP contribution in [0.2, 0.25) is 0 Å². The number of ether oxygens (including phenoxy) is 2. The van der Waals surface area contributed by atoms with E-state index < -0.39 is 20.2 Å². The molecule has 0 aliphatic carbocycles. The number of fused-ring (bicyclic) bond motifs is 5. The molecule has 0 aromatic heterocycles. The van der Waals surface area contributed by atoms with Gasteiger partial charge in [-0.05, 0) is 61.3 Å². The van der Waals surface area contributed by atoms with E-state index in [-0.39, 0.29) is 37.6 Å². The Hall–Kier alpha value is -1.44. The molecule has 12 heteroatoms. The monoisotopic (exact) mass is 514 g/mol. The van der Waals surface area contributed by atoms with Crippen molar-refractivity contribution in [1.29, 1.82) is 0 Å². The molecule has 0 spiro atoms. The molecule has 4 heterocycles. The minimum atomic E-state index is -3.56. The van der Waals surface area contributed by atoms with Crippen LogP contribution >= 0.6 is 0 Å². The summed E-state index contributed by atoms with van der Waals surface area (Å²) in [6.45, 7) is 2.75. The molecule has 190 valence electrons. The molecule has 2 fully saturated rings. The molecule has 0 saturated carbocycles. The third-order valence-electron chi connectivity index (χ3n) is 7.61. The number of piperidine rings is 2. The Balaban J connectivity index is 1.30. The Labute approximate surface area is 202 Å². The van der Waals surface area contributed by atoms with Gasteiger partial charge >= 0.3 is 0 Å². The van der Waals surface area contributed by atoms with E-state index in [0.29, 0.717) is 12.5 Å². The first kappa shape index (κ1) is 24.3. The van der Waals surface area contributed by atoms with Gasteiger partial charge in [0.05, 0.1) is 5.75 Å². The molecule has 0 amide bonds. The fourth-order valence-electron chi connectivity index (χ4n) is 5.84. The summed E-state index contributed by atoms with van der Waals surface area (Å²) in [6, 6.07) is 4.32. The van der Waals surface area contributed by atoms with E-state index in [1.807, 2.05) is 0 Å². The molecule has 1 aromatic rings. The third-order valence-corrected chi connectivity index (χ3v) is 11.1. The van der Waals surface area contributed by atoms with Gasteiger partial charge in [-0.25, -0.2) is 13.1 Å². The lowest BCUT2D eigenvalue weighted by molar-refractivity contribution is 0.0219. The van der Waals surface area contributed by atoms with E-state index >= 15 is 0 Å². The zero-order valence-electron chi connectivity index (χ0n) is 19.8. The van der Waals surface area contributed by atoms with Gasteiger partial charge in [0.1, 0.15) is 0 Å². The Morgan fingerprint density at radius 3 is 2.65 bits per heavy atom. The molecule has 2 saturated heterocycles. The van der Waals surface area contributed by atoms with Crippen LogP contribution in [0.4, 0.5) is 0 Å². The molecule has 3 atom stereocenters. The predicted octanol–water partition coefficient (Wildman–Crippen LogP) is 0.915. The van der Waals surface area contributed by atoms with E-state index in [0.717, 1.165) is 54.6 Å². The van der Waals surface area contributed by atoms with Crippen LogP contribution in [0.15, 0.2) is 12.1 Å². The Morgan fingerprint density at radius 2 is 1.88 bits per heavy atom. The maximum atomic E-state index is 13.3. The van der Waals surface area contributed by atoms with Gasteiger partial charge in [0.25, 0.3) is 10.2 Å². The lowest BCUT2D eigenvalue weighted by Gasteiger charge is -2.51. The average Bonchev–Trinajstić information content (AvgIpc) is 3.26. The van der Waals surface area contributed by atoms with Crippen molar-refractivity contribution < 1.29 is 26.3 Å². The quantitative estimate of drug-likeness (QED) is 0.539. The van der Waals surface area contributed by atoms with Gasteiger partial charge in [-0.3, -0.25) is 4.90 Å². The highest BCUT2D eigenvalue weighted by molar-refractivity contribution is 7.89. The lowest BCUT2D eigenvalue weighted by atomic mass is 9.77. The zero-order chi connectivity index (χ0) is 24.1. The summed E-state index contributed by atoms with van der Waals surface area (Å²) >= 11 is 0. The second-order valence-corrected chi connectivity index (χ2v) is 13.8. The number of hydrogen-bond donors (Lipinski definition) is 1. The van der Waals surface area contributed by atoms with Crippen molar-refractivity contribution in [3.05, 3.63) is 23.3 Å². The first-order valence-electron chi connectivity index (χ1n) is 12.0. The molecule has 0 unspecified atom stereocenters. The highest BCUT2D eigenvalue weighted by Crippen LogP contribution is 2.46. The Morgan fingerprint density at radius 1 is 1.12 bits per heavy atom. The summed E-state index contributed by atoms with van der Waals surface area (Å²) < 4.78 is 66.9. The molecule has 1 N–H and O–H groups in total. The van der Waals surface area contributed by atoms with Crippen LogP contribution in [0.1, 0.15) is 42.9 Å². The third kappa shape index (κ3) is 4.56. The molecule has 4 aliphatic heterocycles. The average molecular weight is 515 g/mol. The van der Waals surface area contributed by atoms with Gasteiger partial charge in [0.2, 0.25) is 16.8 Å². The smallest absolute Gasteiger partial charge is 0.278 e. The van der Waals surface area contributed by atoms with Crippen molar-refractivity contribution in [2.75, 3.05) is 52.8 Å². The number of nitrogens with zero attached hydrogens (tertiary/aromatic N) is 3. The fraction of sp³-hybridized carbons (Fsp3) is 0.727. The van der Waals surface area contributed by atoms with Crippen molar-refractivity contribution in [2.24, 2.45) is 5.92 Å². The molecule has 34 heavy (non-hydrogen) atoms. The molecular weight excluding hydrogens is 480 g/mol. The number of rotatable bonds is 7. The van der Waals surface area contributed by atoms with Crippen LogP contribution in [0.25, 0.3) is 0 Å². The minimum absolute atomic E-state index is 0.0326. The SMILES string of the molecule is CN(C)S(=O)(=O)NCCCS(=O)(=O)N1CCC[C@H]2CN3CCc4cc5c(cc4[C@@H]3C[C@H]21)OCO5. The van der Waals surface area contributed by atoms with E-state index in [1.165, 1.54) is 25.2 Å². The van der Waals surface area contributed by atoms with Gasteiger partial charge in [-0.1, -0.05) is 0 Å². The zero-order valence-corrected chi connectivity index (χ0v) is 21.4. The predicted molar refractivity (Wildman–Crippen MR) is 127 cm³/mol. The van der Waals surface area contributed by atoms with Crippen molar-refractivity contribution in [3.8, 4) is 11.5 Å². The second kappa shape index (κ2) is 9.21. The number of nitrogens with one attached hydrogen (secondary N) is 1. The van der Waals surface area contributed by atoms with E-state index in [1.54, 1.807) is 4.31 Å². The van der Waals surface area contributed by atoms with Crippen LogP contribution in [-0.4, -0.2) is 89.2 Å². The number of benzene rings is 1. The topological polar surface area (TPSA) is 108 Å². The molecule has 5 rings (SSSR count). The summed E-state index contributed by atoms with van der Waals surface area (Å²) in [7, 11) is -4.17. The normalized spacial score (nSPS) is 27.3. The highest BCUT2D eigenvalue weighted by Gasteiger charge is 2.46. The Kier molecular flexibility index (Phi) is 6.57. The summed E-state index contributed by atoms with van der Waals surface area (Å²) in [5.74, 6) is 1.83. The summed E-state index contributed by atoms with van der Waals surface area (Å²) in [4.78, 5) is 2.51. The highest BCUT2D eigenvalue weighted by atomic mass is 32.2. The summed E-state index contributed by atoms with van der Waals surface area (Å²) in [6.07, 6.45) is 3.87. The maximum absolute atomic E-state index is 13.3. The van der Waals surface area contributed by atoms with Gasteiger partial charge in [0, 0.05) is 52.4 Å². The van der Waals surface area contributed by atoms with Crippen molar-refractivity contribution in [3.63, 3.8) is 0 Å². The standard InChI is InChI=1S/C22H34N4O6S2/c1-24(2)34(29,30)23-7-4-10-33(27,28)26-8-3-5-17-14-25-9-6-16-11-21-22(32-15-31-21)12-18(16)20(25)13-19(17)26/h11-12,17,19-20,23H,3-10,13-15H2,1-2H3/t17-,19+,20-/m0/s1. The molecular formula is C22H34N4O6S2. The molecule has 4 aliphatic rings. The van der Waals surface area contributed by atoms with Crippen molar-refractivity contribution in [1.82, 2.24) is 18.2 Å². The minimum Gasteiger partial charge on any atom is -0.454 e. The number of hydrogen-bond acceptors (Lipinski definition) is 7. The van der Waals surface area contributed by atoms with Crippen molar-refractivity contribution >= 4 is 20.2 Å². The van der Waals surface area contributed by atoms with Gasteiger partial charge in [-0.2, -0.15) is 17.0 Å². The van der Waals surface area contributed by atoms with E-state index in [2.05, 4.69) is 21.8 Å². The van der Waals surface area contributed by atoms with E-state index in [9.17, 15) is 16.8 Å². The van der Waals surface area contributed by atoms with Gasteiger partial charge in [0.15, 0.2) is 11.5 Å². The van der Waals surface area contributed by atoms with Gasteiger partial charge < -0.3 is 9.47 Å². The second-order valence-electron chi connectivity index (χ2n) is 9.83. The molecule has 0 bridgehead atoms. The van der Waals surface area contributed by atoms with Crippen LogP contribution in [0.5, 0.6) is 11.5 Å². The van der Waals surface area contributed by atoms with Crippen LogP contribution < -0.4 is 14.2 Å². The van der Waals surface area contributed by atoms with Crippen LogP contribution in [0.3, 0.4) is 0 Å². The van der Waals surface area contributed by atoms with Crippen LogP contribution in [-0.2, 0) is 26.7 Å². The Bertz CT molecular complexity index is 1140. The maximum Gasteiger partial charge on any atom is 0.278 e. The fourth-order valence-corrected chi connectivity index (χ4v) is 8.32. The summed E-state index contributed by atoms with van der Waals surface area (Å²) in [5, 5.41) is 0. The first-order valence-corrected chi connectivity index (χ1v) is 15.0.